The number of nitrogens with one attached hydrogen (secondary N) is 2. The summed E-state index contributed by atoms with van der Waals surface area (Å²) >= 11 is 5.93. The fourth-order valence-corrected chi connectivity index (χ4v) is 3.94. The molecule has 1 saturated heterocycles. The van der Waals surface area contributed by atoms with Gasteiger partial charge in [0.15, 0.2) is 9.84 Å². The third-order valence-electron chi connectivity index (χ3n) is 3.24. The van der Waals surface area contributed by atoms with Gasteiger partial charge in [0.25, 0.3) is 0 Å². The van der Waals surface area contributed by atoms with Crippen molar-refractivity contribution >= 4 is 27.5 Å². The number of hydrogen-bond acceptors (Lipinski definition) is 3. The van der Waals surface area contributed by atoms with E-state index >= 15 is 0 Å². The van der Waals surface area contributed by atoms with E-state index in [-0.39, 0.29) is 23.6 Å². The van der Waals surface area contributed by atoms with Crippen molar-refractivity contribution in [3.8, 4) is 0 Å². The smallest absolute Gasteiger partial charge is 0.315 e. The molecule has 0 spiro atoms. The molecule has 1 aliphatic heterocycles. The van der Waals surface area contributed by atoms with Crippen molar-refractivity contribution in [2.75, 3.05) is 11.5 Å². The maximum Gasteiger partial charge on any atom is 0.315 e. The Morgan fingerprint density at radius 3 is 2.80 bits per heavy atom. The normalized spacial score (nSPS) is 20.6. The van der Waals surface area contributed by atoms with Crippen LogP contribution in [0.1, 0.15) is 17.5 Å². The van der Waals surface area contributed by atoms with E-state index in [4.69, 9.17) is 11.6 Å². The zero-order valence-corrected chi connectivity index (χ0v) is 12.7. The highest BCUT2D eigenvalue weighted by molar-refractivity contribution is 7.91. The van der Waals surface area contributed by atoms with Crippen LogP contribution in [0, 0.1) is 6.92 Å². The number of rotatable bonds is 3. The maximum atomic E-state index is 11.7. The van der Waals surface area contributed by atoms with E-state index < -0.39 is 9.84 Å². The van der Waals surface area contributed by atoms with Crippen LogP contribution in [-0.2, 0) is 16.4 Å². The van der Waals surface area contributed by atoms with Gasteiger partial charge in [-0.1, -0.05) is 23.7 Å². The molecule has 0 bridgehead atoms. The molecule has 7 heteroatoms. The average molecular weight is 317 g/mol. The van der Waals surface area contributed by atoms with Crippen LogP contribution in [-0.4, -0.2) is 32.0 Å². The number of benzene rings is 1. The van der Waals surface area contributed by atoms with Crippen LogP contribution >= 0.6 is 11.6 Å². The van der Waals surface area contributed by atoms with E-state index in [0.717, 1.165) is 11.1 Å². The lowest BCUT2D eigenvalue weighted by molar-refractivity contribution is 0.237. The van der Waals surface area contributed by atoms with Crippen LogP contribution in [0.25, 0.3) is 0 Å². The van der Waals surface area contributed by atoms with E-state index in [1.54, 1.807) is 6.07 Å². The number of carbonyl (C=O) groups excluding carboxylic acids is 1. The molecule has 2 amide bonds. The first-order chi connectivity index (χ1) is 9.35. The summed E-state index contributed by atoms with van der Waals surface area (Å²) in [5.41, 5.74) is 1.90. The second kappa shape index (κ2) is 6.01. The molecule has 0 aromatic heterocycles. The Bertz CT molecular complexity index is 616. The number of carbonyl (C=O) groups is 1. The highest BCUT2D eigenvalue weighted by Gasteiger charge is 2.28. The topological polar surface area (TPSA) is 75.3 Å². The quantitative estimate of drug-likeness (QED) is 0.890. The van der Waals surface area contributed by atoms with Gasteiger partial charge in [-0.3, -0.25) is 0 Å². The highest BCUT2D eigenvalue weighted by Crippen LogP contribution is 2.16. The summed E-state index contributed by atoms with van der Waals surface area (Å²) < 4.78 is 22.6. The van der Waals surface area contributed by atoms with Gasteiger partial charge in [0.1, 0.15) is 0 Å². The van der Waals surface area contributed by atoms with Crippen molar-refractivity contribution in [2.24, 2.45) is 0 Å². The van der Waals surface area contributed by atoms with E-state index in [0.29, 0.717) is 18.0 Å². The standard InChI is InChI=1S/C13H17ClN2O3S/c1-9-6-10(2-3-12(9)14)7-15-13(17)16-11-4-5-20(18,19)8-11/h2-3,6,11H,4-5,7-8H2,1H3,(H2,15,16,17)/t11-/m0/s1. The Morgan fingerprint density at radius 1 is 1.45 bits per heavy atom. The Hall–Kier alpha value is -1.27. The third-order valence-corrected chi connectivity index (χ3v) is 5.44. The molecule has 1 atom stereocenters. The summed E-state index contributed by atoms with van der Waals surface area (Å²) in [5, 5.41) is 6.08. The summed E-state index contributed by atoms with van der Waals surface area (Å²) in [7, 11) is -2.98. The van der Waals surface area contributed by atoms with Crippen molar-refractivity contribution in [2.45, 2.75) is 25.9 Å². The van der Waals surface area contributed by atoms with E-state index in [2.05, 4.69) is 10.6 Å². The fourth-order valence-electron chi connectivity index (χ4n) is 2.14. The number of amides is 2. The summed E-state index contributed by atoms with van der Waals surface area (Å²) in [6.07, 6.45) is 0.482. The van der Waals surface area contributed by atoms with Gasteiger partial charge in [-0.25, -0.2) is 13.2 Å². The molecule has 0 saturated carbocycles. The summed E-state index contributed by atoms with van der Waals surface area (Å²) in [6, 6.07) is 4.90. The lowest BCUT2D eigenvalue weighted by Crippen LogP contribution is -2.42. The van der Waals surface area contributed by atoms with Crippen LogP contribution in [0.2, 0.25) is 5.02 Å². The molecule has 1 aromatic rings. The van der Waals surface area contributed by atoms with Gasteiger partial charge in [0.2, 0.25) is 0 Å². The molecule has 2 N–H and O–H groups in total. The van der Waals surface area contributed by atoms with Crippen molar-refractivity contribution < 1.29 is 13.2 Å². The number of hydrogen-bond donors (Lipinski definition) is 2. The molecule has 0 radical (unpaired) electrons. The van der Waals surface area contributed by atoms with Gasteiger partial charge in [-0.2, -0.15) is 0 Å². The molecule has 1 aliphatic rings. The first-order valence-electron chi connectivity index (χ1n) is 6.35. The first kappa shape index (κ1) is 15.1. The predicted molar refractivity (Wildman–Crippen MR) is 78.6 cm³/mol. The number of sulfone groups is 1. The van der Waals surface area contributed by atoms with Gasteiger partial charge < -0.3 is 10.6 Å². The first-order valence-corrected chi connectivity index (χ1v) is 8.55. The van der Waals surface area contributed by atoms with Crippen molar-refractivity contribution in [1.82, 2.24) is 10.6 Å². The lowest BCUT2D eigenvalue weighted by Gasteiger charge is -2.12. The Labute approximate surface area is 123 Å². The fraction of sp³-hybridized carbons (Fsp3) is 0.462. The van der Waals surface area contributed by atoms with Gasteiger partial charge >= 0.3 is 6.03 Å². The number of urea groups is 1. The molecule has 0 unspecified atom stereocenters. The molecule has 0 aliphatic carbocycles. The third kappa shape index (κ3) is 4.11. The van der Waals surface area contributed by atoms with E-state index in [1.165, 1.54) is 0 Å². The molecule has 1 aromatic carbocycles. The lowest BCUT2D eigenvalue weighted by atomic mass is 10.1. The van der Waals surface area contributed by atoms with E-state index in [1.807, 2.05) is 19.1 Å². The highest BCUT2D eigenvalue weighted by atomic mass is 35.5. The van der Waals surface area contributed by atoms with Crippen LogP contribution < -0.4 is 10.6 Å². The SMILES string of the molecule is Cc1cc(CNC(=O)N[C@H]2CCS(=O)(=O)C2)ccc1Cl. The Morgan fingerprint density at radius 2 is 2.20 bits per heavy atom. The van der Waals surface area contributed by atoms with Crippen LogP contribution in [0.5, 0.6) is 0 Å². The van der Waals surface area contributed by atoms with Gasteiger partial charge in [-0.15, -0.1) is 0 Å². The molecule has 20 heavy (non-hydrogen) atoms. The van der Waals surface area contributed by atoms with Crippen LogP contribution in [0.3, 0.4) is 0 Å². The van der Waals surface area contributed by atoms with Gasteiger partial charge in [0, 0.05) is 17.6 Å². The molecule has 2 rings (SSSR count). The van der Waals surface area contributed by atoms with Crippen molar-refractivity contribution in [1.29, 1.82) is 0 Å². The van der Waals surface area contributed by atoms with E-state index in [9.17, 15) is 13.2 Å². The van der Waals surface area contributed by atoms with Gasteiger partial charge in [-0.05, 0) is 30.5 Å². The summed E-state index contributed by atoms with van der Waals surface area (Å²) in [5.74, 6) is 0.175. The molecule has 110 valence electrons. The Balaban J connectivity index is 1.82. The maximum absolute atomic E-state index is 11.7. The van der Waals surface area contributed by atoms with Crippen LogP contribution in [0.4, 0.5) is 4.79 Å². The van der Waals surface area contributed by atoms with Crippen molar-refractivity contribution in [3.63, 3.8) is 0 Å². The second-order valence-corrected chi connectivity index (χ2v) is 7.65. The summed E-state index contributed by atoms with van der Waals surface area (Å²) in [6.45, 7) is 2.28. The minimum absolute atomic E-state index is 0.0282. The minimum Gasteiger partial charge on any atom is -0.334 e. The molecular formula is C13H17ClN2O3S. The van der Waals surface area contributed by atoms with Crippen molar-refractivity contribution in [3.05, 3.63) is 34.3 Å². The molecule has 1 fully saturated rings. The molecular weight excluding hydrogens is 300 g/mol. The van der Waals surface area contributed by atoms with Crippen LogP contribution in [0.15, 0.2) is 18.2 Å². The average Bonchev–Trinajstić information content (AvgIpc) is 2.70. The zero-order valence-electron chi connectivity index (χ0n) is 11.1. The Kier molecular flexibility index (Phi) is 4.55. The minimum atomic E-state index is -2.98. The largest absolute Gasteiger partial charge is 0.334 e. The number of aryl methyl sites for hydroxylation is 1. The molecule has 5 nitrogen and oxygen atoms in total. The second-order valence-electron chi connectivity index (χ2n) is 5.01. The zero-order chi connectivity index (χ0) is 14.8. The van der Waals surface area contributed by atoms with Gasteiger partial charge in [0.05, 0.1) is 11.5 Å². The predicted octanol–water partition coefficient (Wildman–Crippen LogP) is 1.63. The molecule has 1 heterocycles. The number of halogens is 1. The monoisotopic (exact) mass is 316 g/mol. The summed E-state index contributed by atoms with van der Waals surface area (Å²) in [4.78, 5) is 11.7.